The van der Waals surface area contributed by atoms with Crippen molar-refractivity contribution in [2.75, 3.05) is 14.2 Å². The van der Waals surface area contributed by atoms with Gasteiger partial charge in [-0.25, -0.2) is 0 Å². The summed E-state index contributed by atoms with van der Waals surface area (Å²) in [6, 6.07) is 0. The average molecular weight is 190 g/mol. The second-order valence-electron chi connectivity index (χ2n) is 2.68. The van der Waals surface area contributed by atoms with Crippen molar-refractivity contribution in [2.45, 2.75) is 11.6 Å². The van der Waals surface area contributed by atoms with Crippen molar-refractivity contribution in [3.8, 4) is 0 Å². The Balaban J connectivity index is 2.70. The minimum atomic E-state index is -2.47. The number of allylic oxidation sites excluding steroid dienone is 4. The Kier molecular flexibility index (Phi) is 3.08. The number of hydrogen-bond acceptors (Lipinski definition) is 2. The van der Waals surface area contributed by atoms with Gasteiger partial charge < -0.3 is 0 Å². The van der Waals surface area contributed by atoms with Gasteiger partial charge in [0.15, 0.2) is 0 Å². The number of hydrogen-bond donors (Lipinski definition) is 0. The molecule has 0 saturated carbocycles. The first-order valence-electron chi connectivity index (χ1n) is 3.69. The van der Waals surface area contributed by atoms with Crippen molar-refractivity contribution < 1.29 is 24.0 Å². The molecule has 0 aromatic carbocycles. The zero-order chi connectivity index (χ0) is 8.32. The molecule has 1 rings (SSSR count). The molecule has 0 unspecified atom stereocenters. The van der Waals surface area contributed by atoms with E-state index in [0.29, 0.717) is 0 Å². The van der Waals surface area contributed by atoms with E-state index in [1.54, 1.807) is 14.2 Å². The molecule has 0 spiro atoms. The van der Waals surface area contributed by atoms with E-state index in [4.69, 9.17) is 6.64 Å². The van der Waals surface area contributed by atoms with Crippen LogP contribution in [0.2, 0.25) is 5.23 Å². The van der Waals surface area contributed by atoms with Crippen LogP contribution in [0.25, 0.3) is 0 Å². The Morgan fingerprint density at radius 2 is 2.00 bits per heavy atom. The van der Waals surface area contributed by atoms with Crippen LogP contribution in [-0.2, 0) is 24.0 Å². The van der Waals surface area contributed by atoms with Gasteiger partial charge in [-0.3, -0.25) is 0 Å². The summed E-state index contributed by atoms with van der Waals surface area (Å²) < 4.78 is 12.2. The van der Waals surface area contributed by atoms with Crippen LogP contribution in [0, 0.1) is 0 Å². The predicted molar refractivity (Wildman–Crippen MR) is 41.7 cm³/mol. The van der Waals surface area contributed by atoms with Gasteiger partial charge in [-0.15, -0.1) is 0 Å². The summed E-state index contributed by atoms with van der Waals surface area (Å²) in [6.07, 6.45) is 7.33. The van der Waals surface area contributed by atoms with Crippen LogP contribution < -0.4 is 0 Å². The van der Waals surface area contributed by atoms with Gasteiger partial charge >= 0.3 is 72.0 Å². The molecular formula is C8H14O2Ti. The van der Waals surface area contributed by atoms with Crippen LogP contribution in [0.3, 0.4) is 0 Å². The monoisotopic (exact) mass is 190 g/mol. The molecule has 0 fully saturated rings. The Morgan fingerprint density at radius 1 is 1.36 bits per heavy atom. The van der Waals surface area contributed by atoms with Gasteiger partial charge in [0.2, 0.25) is 0 Å². The molecule has 11 heavy (non-hydrogen) atoms. The number of rotatable bonds is 3. The summed E-state index contributed by atoms with van der Waals surface area (Å²) in [7, 11) is 3.48. The standard InChI is InChI=1S/C5H5.2CH3O.CH3.Ti/c1-2-4-5-3-1;2*1-2;;/h1-3H,4H2;2*1H3;1H3;/q;2*-1;;+2. The Bertz CT molecular complexity index is 192. The van der Waals surface area contributed by atoms with Crippen LogP contribution >= 0.6 is 0 Å². The first kappa shape index (κ1) is 9.20. The molecule has 0 amide bonds. The van der Waals surface area contributed by atoms with Crippen molar-refractivity contribution >= 4 is 0 Å². The van der Waals surface area contributed by atoms with Crippen LogP contribution in [0.15, 0.2) is 22.1 Å². The maximum atomic E-state index is 5.43. The van der Waals surface area contributed by atoms with Crippen molar-refractivity contribution in [1.29, 1.82) is 0 Å². The Labute approximate surface area is 72.2 Å². The van der Waals surface area contributed by atoms with Crippen LogP contribution in [0.5, 0.6) is 0 Å². The van der Waals surface area contributed by atoms with Crippen molar-refractivity contribution in [3.05, 3.63) is 22.1 Å². The Hall–Kier alpha value is 0.114. The van der Waals surface area contributed by atoms with E-state index in [-0.39, 0.29) is 0 Å². The quantitative estimate of drug-likeness (QED) is 0.635. The molecule has 0 N–H and O–H groups in total. The van der Waals surface area contributed by atoms with Crippen LogP contribution in [0.4, 0.5) is 0 Å². The van der Waals surface area contributed by atoms with E-state index >= 15 is 0 Å². The van der Waals surface area contributed by atoms with Crippen molar-refractivity contribution in [3.63, 3.8) is 0 Å². The summed E-state index contributed by atoms with van der Waals surface area (Å²) >= 11 is -2.47. The molecule has 3 heteroatoms. The predicted octanol–water partition coefficient (Wildman–Crippen LogP) is 2.16. The third kappa shape index (κ3) is 1.82. The van der Waals surface area contributed by atoms with Crippen LogP contribution in [-0.4, -0.2) is 14.2 Å². The molecule has 0 atom stereocenters. The van der Waals surface area contributed by atoms with Gasteiger partial charge in [0.1, 0.15) is 0 Å². The molecule has 0 aromatic rings. The molecule has 1 aliphatic carbocycles. The first-order chi connectivity index (χ1) is 5.23. The average Bonchev–Trinajstić information content (AvgIpc) is 2.55. The third-order valence-corrected chi connectivity index (χ3v) is 6.97. The van der Waals surface area contributed by atoms with E-state index < -0.39 is 17.4 Å². The van der Waals surface area contributed by atoms with Gasteiger partial charge in [-0.05, 0) is 0 Å². The normalized spacial score (nSPS) is 17.2. The third-order valence-electron chi connectivity index (χ3n) is 2.13. The van der Waals surface area contributed by atoms with Gasteiger partial charge in [-0.2, -0.15) is 0 Å². The summed E-state index contributed by atoms with van der Waals surface area (Å²) in [5, 5.41) is 2.11. The fourth-order valence-electron chi connectivity index (χ4n) is 1.13. The Morgan fingerprint density at radius 3 is 2.36 bits per heavy atom. The molecule has 0 aromatic heterocycles. The van der Waals surface area contributed by atoms with Crippen molar-refractivity contribution in [2.24, 2.45) is 0 Å². The maximum absolute atomic E-state index is 5.43. The zero-order valence-corrected chi connectivity index (χ0v) is 8.82. The van der Waals surface area contributed by atoms with Crippen LogP contribution in [0.1, 0.15) is 6.42 Å². The van der Waals surface area contributed by atoms with Gasteiger partial charge in [-0.1, -0.05) is 0 Å². The summed E-state index contributed by atoms with van der Waals surface area (Å²) in [4.78, 5) is 0. The molecule has 0 bridgehead atoms. The summed E-state index contributed by atoms with van der Waals surface area (Å²) in [5.74, 6) is 0. The van der Waals surface area contributed by atoms with E-state index in [2.05, 4.69) is 23.5 Å². The summed E-state index contributed by atoms with van der Waals surface area (Å²) in [6.45, 7) is 0. The molecule has 1 aliphatic rings. The van der Waals surface area contributed by atoms with E-state index in [1.807, 2.05) is 0 Å². The molecule has 0 radical (unpaired) electrons. The molecule has 0 aliphatic heterocycles. The molecule has 0 saturated heterocycles. The molecule has 62 valence electrons. The van der Waals surface area contributed by atoms with E-state index in [1.165, 1.54) is 3.88 Å². The van der Waals surface area contributed by atoms with Gasteiger partial charge in [0.25, 0.3) is 0 Å². The van der Waals surface area contributed by atoms with E-state index in [0.717, 1.165) is 6.42 Å². The van der Waals surface area contributed by atoms with E-state index in [9.17, 15) is 0 Å². The summed E-state index contributed by atoms with van der Waals surface area (Å²) in [5.41, 5.74) is 0. The fraction of sp³-hybridized carbons (Fsp3) is 0.500. The second-order valence-corrected chi connectivity index (χ2v) is 7.91. The van der Waals surface area contributed by atoms with Gasteiger partial charge in [0.05, 0.1) is 0 Å². The SMILES string of the molecule is C[O][Ti]([CH3])([O]C)[C]1=CC=CC1. The van der Waals surface area contributed by atoms with Gasteiger partial charge in [0, 0.05) is 0 Å². The second kappa shape index (κ2) is 3.68. The zero-order valence-electron chi connectivity index (χ0n) is 7.26. The fourth-order valence-corrected chi connectivity index (χ4v) is 3.59. The molecule has 2 nitrogen and oxygen atoms in total. The topological polar surface area (TPSA) is 18.5 Å². The van der Waals surface area contributed by atoms with Crippen molar-refractivity contribution in [1.82, 2.24) is 0 Å². The minimum absolute atomic E-state index is 1.01. The first-order valence-corrected chi connectivity index (χ1v) is 7.31. The molecule has 0 heterocycles. The molecular weight excluding hydrogens is 176 g/mol.